The summed E-state index contributed by atoms with van der Waals surface area (Å²) in [4.78, 5) is 27.2. The predicted octanol–water partition coefficient (Wildman–Crippen LogP) is 4.08. The Hall–Kier alpha value is -3.39. The zero-order chi connectivity index (χ0) is 24.1. The fourth-order valence-electron chi connectivity index (χ4n) is 3.82. The third kappa shape index (κ3) is 5.01. The van der Waals surface area contributed by atoms with Gasteiger partial charge in [-0.05, 0) is 44.5 Å². The van der Waals surface area contributed by atoms with E-state index in [0.717, 1.165) is 0 Å². The van der Waals surface area contributed by atoms with Crippen LogP contribution in [0.3, 0.4) is 0 Å². The number of hydrogen-bond acceptors (Lipinski definition) is 6. The number of ether oxygens (including phenoxy) is 3. The van der Waals surface area contributed by atoms with Gasteiger partial charge in [-0.25, -0.2) is 4.39 Å². The lowest BCUT2D eigenvalue weighted by atomic mass is 9.94. The number of amides is 1. The monoisotopic (exact) mass is 457 g/mol. The van der Waals surface area contributed by atoms with E-state index in [1.165, 1.54) is 43.4 Å². The van der Waals surface area contributed by atoms with Crippen molar-refractivity contribution in [2.45, 2.75) is 32.4 Å². The van der Waals surface area contributed by atoms with Crippen LogP contribution in [0.1, 0.15) is 37.4 Å². The molecule has 1 aliphatic rings. The van der Waals surface area contributed by atoms with E-state index in [-0.39, 0.29) is 29.3 Å². The van der Waals surface area contributed by atoms with E-state index in [1.807, 2.05) is 13.8 Å². The molecule has 1 aliphatic heterocycles. The second-order valence-corrected chi connectivity index (χ2v) is 7.86. The molecule has 8 heteroatoms. The van der Waals surface area contributed by atoms with Crippen LogP contribution in [0.4, 0.5) is 4.39 Å². The van der Waals surface area contributed by atoms with Crippen LogP contribution in [0.2, 0.25) is 0 Å². The molecule has 1 fully saturated rings. The standard InChI is InChI=1S/C25H28FNO6/c1-15(2)33-13-7-12-27-22(17-8-5-6-9-18(17)26)21(24(29)25(27)30)23(28)16-10-11-19(31-3)20(14-16)32-4/h5-6,8-11,14-15,22,28H,7,12-13H2,1-4H3/b23-21+. The predicted molar refractivity (Wildman–Crippen MR) is 121 cm³/mol. The summed E-state index contributed by atoms with van der Waals surface area (Å²) in [5, 5.41) is 11.1. The first kappa shape index (κ1) is 24.3. The van der Waals surface area contributed by atoms with Gasteiger partial charge in [0.05, 0.1) is 31.9 Å². The molecule has 3 rings (SSSR count). The average molecular weight is 457 g/mol. The van der Waals surface area contributed by atoms with E-state index in [2.05, 4.69) is 0 Å². The Balaban J connectivity index is 2.09. The van der Waals surface area contributed by atoms with Gasteiger partial charge in [0.2, 0.25) is 0 Å². The van der Waals surface area contributed by atoms with E-state index in [4.69, 9.17) is 14.2 Å². The molecule has 1 N–H and O–H groups in total. The van der Waals surface area contributed by atoms with Crippen LogP contribution in [0.25, 0.3) is 5.76 Å². The number of Topliss-reactive ketones (excluding diaryl/α,β-unsaturated/α-hetero) is 1. The van der Waals surface area contributed by atoms with Gasteiger partial charge in [-0.3, -0.25) is 9.59 Å². The third-order valence-corrected chi connectivity index (χ3v) is 5.39. The van der Waals surface area contributed by atoms with Crippen molar-refractivity contribution in [2.24, 2.45) is 0 Å². The number of nitrogens with zero attached hydrogens (tertiary/aromatic N) is 1. The molecule has 7 nitrogen and oxygen atoms in total. The molecule has 2 aromatic rings. The fraction of sp³-hybridized carbons (Fsp3) is 0.360. The van der Waals surface area contributed by atoms with Gasteiger partial charge in [-0.2, -0.15) is 0 Å². The Kier molecular flexibility index (Phi) is 7.71. The molecule has 1 atom stereocenters. The summed E-state index contributed by atoms with van der Waals surface area (Å²) in [6.07, 6.45) is 0.472. The number of ketones is 1. The van der Waals surface area contributed by atoms with Gasteiger partial charge in [0, 0.05) is 24.3 Å². The van der Waals surface area contributed by atoms with E-state index < -0.39 is 29.3 Å². The lowest BCUT2D eigenvalue weighted by Gasteiger charge is -2.25. The van der Waals surface area contributed by atoms with E-state index in [9.17, 15) is 19.1 Å². The highest BCUT2D eigenvalue weighted by molar-refractivity contribution is 6.46. The van der Waals surface area contributed by atoms with Crippen molar-refractivity contribution < 1.29 is 33.3 Å². The Labute approximate surface area is 192 Å². The average Bonchev–Trinajstić information content (AvgIpc) is 3.05. The van der Waals surface area contributed by atoms with Crippen LogP contribution in [0.5, 0.6) is 11.5 Å². The molecule has 33 heavy (non-hydrogen) atoms. The van der Waals surface area contributed by atoms with Crippen molar-refractivity contribution in [1.29, 1.82) is 0 Å². The maximum absolute atomic E-state index is 14.8. The molecule has 0 saturated carbocycles. The molecule has 0 aromatic heterocycles. The first-order chi connectivity index (χ1) is 15.8. The topological polar surface area (TPSA) is 85.3 Å². The number of benzene rings is 2. The molecule has 0 aliphatic carbocycles. The Morgan fingerprint density at radius 2 is 1.79 bits per heavy atom. The first-order valence-electron chi connectivity index (χ1n) is 10.7. The van der Waals surface area contributed by atoms with Gasteiger partial charge in [0.25, 0.3) is 11.7 Å². The molecular formula is C25H28FNO6. The number of aliphatic hydroxyl groups is 1. The minimum atomic E-state index is -1.07. The highest BCUT2D eigenvalue weighted by atomic mass is 19.1. The molecule has 1 heterocycles. The van der Waals surface area contributed by atoms with Crippen molar-refractivity contribution in [3.05, 3.63) is 65.0 Å². The van der Waals surface area contributed by atoms with Crippen molar-refractivity contribution in [2.75, 3.05) is 27.4 Å². The normalized spacial score (nSPS) is 17.6. The Morgan fingerprint density at radius 3 is 2.42 bits per heavy atom. The smallest absolute Gasteiger partial charge is 0.295 e. The quantitative estimate of drug-likeness (QED) is 0.264. The summed E-state index contributed by atoms with van der Waals surface area (Å²) in [7, 11) is 2.92. The first-order valence-corrected chi connectivity index (χ1v) is 10.7. The molecular weight excluding hydrogens is 429 g/mol. The molecule has 1 saturated heterocycles. The number of rotatable bonds is 9. The summed E-state index contributed by atoms with van der Waals surface area (Å²) in [6.45, 7) is 4.34. The molecule has 176 valence electrons. The van der Waals surface area contributed by atoms with Crippen LogP contribution in [0.15, 0.2) is 48.0 Å². The number of hydrogen-bond donors (Lipinski definition) is 1. The number of carbonyl (C=O) groups excluding carboxylic acids is 2. The van der Waals surface area contributed by atoms with E-state index in [0.29, 0.717) is 24.5 Å². The fourth-order valence-corrected chi connectivity index (χ4v) is 3.82. The lowest BCUT2D eigenvalue weighted by molar-refractivity contribution is -0.140. The van der Waals surface area contributed by atoms with Crippen LogP contribution < -0.4 is 9.47 Å². The SMILES string of the molecule is COc1ccc(/C(O)=C2\C(=O)C(=O)N(CCCOC(C)C)C2c2ccccc2F)cc1OC. The van der Waals surface area contributed by atoms with E-state index >= 15 is 0 Å². The number of halogens is 1. The van der Waals surface area contributed by atoms with Gasteiger partial charge < -0.3 is 24.2 Å². The van der Waals surface area contributed by atoms with Gasteiger partial charge >= 0.3 is 0 Å². The summed E-state index contributed by atoms with van der Waals surface area (Å²) in [5.74, 6) is -1.89. The zero-order valence-electron chi connectivity index (χ0n) is 19.1. The summed E-state index contributed by atoms with van der Waals surface area (Å²) < 4.78 is 30.8. The van der Waals surface area contributed by atoms with Crippen LogP contribution in [0, 0.1) is 5.82 Å². The Bertz CT molecular complexity index is 1060. The van der Waals surface area contributed by atoms with Crippen LogP contribution >= 0.6 is 0 Å². The van der Waals surface area contributed by atoms with Gasteiger partial charge in [0.1, 0.15) is 11.6 Å². The van der Waals surface area contributed by atoms with Crippen molar-refractivity contribution >= 4 is 17.4 Å². The van der Waals surface area contributed by atoms with E-state index in [1.54, 1.807) is 18.2 Å². The Morgan fingerprint density at radius 1 is 1.09 bits per heavy atom. The highest BCUT2D eigenvalue weighted by Gasteiger charge is 2.46. The minimum absolute atomic E-state index is 0.0211. The summed E-state index contributed by atoms with van der Waals surface area (Å²) >= 11 is 0. The van der Waals surface area contributed by atoms with Gasteiger partial charge in [0.15, 0.2) is 11.5 Å². The van der Waals surface area contributed by atoms with Crippen molar-refractivity contribution in [3.63, 3.8) is 0 Å². The maximum atomic E-state index is 14.8. The number of aliphatic hydroxyl groups excluding tert-OH is 1. The molecule has 1 unspecified atom stereocenters. The van der Waals surface area contributed by atoms with Gasteiger partial charge in [-0.1, -0.05) is 18.2 Å². The highest BCUT2D eigenvalue weighted by Crippen LogP contribution is 2.41. The van der Waals surface area contributed by atoms with Crippen LogP contribution in [-0.2, 0) is 14.3 Å². The maximum Gasteiger partial charge on any atom is 0.295 e. The second kappa shape index (κ2) is 10.5. The molecule has 0 radical (unpaired) electrons. The minimum Gasteiger partial charge on any atom is -0.507 e. The summed E-state index contributed by atoms with van der Waals surface area (Å²) in [5.41, 5.74) is 0.195. The largest absolute Gasteiger partial charge is 0.507 e. The molecule has 1 amide bonds. The number of carbonyl (C=O) groups is 2. The third-order valence-electron chi connectivity index (χ3n) is 5.39. The van der Waals surface area contributed by atoms with Crippen molar-refractivity contribution in [1.82, 2.24) is 4.90 Å². The molecule has 0 bridgehead atoms. The summed E-state index contributed by atoms with van der Waals surface area (Å²) in [6, 6.07) is 9.45. The zero-order valence-corrected chi connectivity index (χ0v) is 19.1. The lowest BCUT2D eigenvalue weighted by Crippen LogP contribution is -2.31. The second-order valence-electron chi connectivity index (χ2n) is 7.86. The van der Waals surface area contributed by atoms with Gasteiger partial charge in [-0.15, -0.1) is 0 Å². The number of likely N-dealkylation sites (tertiary alicyclic amines) is 1. The number of methoxy groups -OCH3 is 2. The molecule has 2 aromatic carbocycles. The molecule has 0 spiro atoms. The van der Waals surface area contributed by atoms with Crippen LogP contribution in [-0.4, -0.2) is 55.2 Å². The van der Waals surface area contributed by atoms with Crippen molar-refractivity contribution in [3.8, 4) is 11.5 Å².